The molecule has 0 bridgehead atoms. The molecule has 0 fully saturated rings. The Balaban J connectivity index is 3.53. The number of carbonyl (C=O) groups is 1. The van der Waals surface area contributed by atoms with E-state index in [2.05, 4.69) is 0 Å². The zero-order valence-corrected chi connectivity index (χ0v) is 6.26. The Morgan fingerprint density at radius 1 is 1.56 bits per heavy atom. The Hall–Kier alpha value is -0.530. The summed E-state index contributed by atoms with van der Waals surface area (Å²) in [6.45, 7) is 6.61. The third-order valence-electron chi connectivity index (χ3n) is 1.38. The third kappa shape index (κ3) is 3.12. The topological polar surface area (TPSA) is 26.3 Å². The minimum Gasteiger partial charge on any atom is -0.464 e. The smallest absolute Gasteiger partial charge is 0.293 e. The van der Waals surface area contributed by atoms with Gasteiger partial charge in [0.2, 0.25) is 0 Å². The van der Waals surface area contributed by atoms with Crippen LogP contribution >= 0.6 is 0 Å². The molecular formula is C7H14O2. The fraction of sp³-hybridized carbons (Fsp3) is 0.857. The first kappa shape index (κ1) is 8.47. The molecule has 1 atom stereocenters. The molecule has 54 valence electrons. The molecule has 2 heteroatoms. The van der Waals surface area contributed by atoms with Crippen molar-refractivity contribution in [2.45, 2.75) is 33.3 Å². The molecule has 0 spiro atoms. The molecule has 2 nitrogen and oxygen atoms in total. The van der Waals surface area contributed by atoms with E-state index in [1.807, 2.05) is 20.8 Å². The van der Waals surface area contributed by atoms with Crippen molar-refractivity contribution in [3.8, 4) is 0 Å². The van der Waals surface area contributed by atoms with Gasteiger partial charge in [-0.2, -0.15) is 0 Å². The van der Waals surface area contributed by atoms with Gasteiger partial charge in [-0.1, -0.05) is 20.8 Å². The number of rotatable bonds is 4. The Labute approximate surface area is 56.2 Å². The summed E-state index contributed by atoms with van der Waals surface area (Å²) in [4.78, 5) is 9.86. The van der Waals surface area contributed by atoms with Crippen molar-refractivity contribution >= 4 is 6.47 Å². The van der Waals surface area contributed by atoms with Gasteiger partial charge in [-0.3, -0.25) is 4.79 Å². The Kier molecular flexibility index (Phi) is 4.10. The average molecular weight is 130 g/mol. The predicted octanol–water partition coefficient (Wildman–Crippen LogP) is 1.59. The van der Waals surface area contributed by atoms with Crippen molar-refractivity contribution in [2.75, 3.05) is 0 Å². The molecule has 9 heavy (non-hydrogen) atoms. The zero-order valence-electron chi connectivity index (χ0n) is 6.26. The summed E-state index contributed by atoms with van der Waals surface area (Å²) in [5.74, 6) is 0.431. The number of hydrogen-bond donors (Lipinski definition) is 0. The fourth-order valence-electron chi connectivity index (χ4n) is 0.796. The molecule has 0 aliphatic rings. The van der Waals surface area contributed by atoms with Crippen LogP contribution in [0.3, 0.4) is 0 Å². The van der Waals surface area contributed by atoms with Crippen LogP contribution < -0.4 is 0 Å². The van der Waals surface area contributed by atoms with Crippen LogP contribution in [0.5, 0.6) is 0 Å². The molecule has 0 saturated carbocycles. The second-order valence-corrected chi connectivity index (χ2v) is 2.42. The van der Waals surface area contributed by atoms with Crippen LogP contribution in [0.1, 0.15) is 27.2 Å². The zero-order chi connectivity index (χ0) is 7.28. The third-order valence-corrected chi connectivity index (χ3v) is 1.38. The van der Waals surface area contributed by atoms with Gasteiger partial charge in [0.15, 0.2) is 0 Å². The van der Waals surface area contributed by atoms with Crippen LogP contribution in [-0.2, 0) is 9.53 Å². The van der Waals surface area contributed by atoms with E-state index in [4.69, 9.17) is 4.74 Å². The van der Waals surface area contributed by atoms with E-state index in [9.17, 15) is 4.79 Å². The molecule has 0 aliphatic carbocycles. The van der Waals surface area contributed by atoms with Crippen LogP contribution in [0.15, 0.2) is 0 Å². The fourth-order valence-corrected chi connectivity index (χ4v) is 0.796. The highest BCUT2D eigenvalue weighted by atomic mass is 16.5. The van der Waals surface area contributed by atoms with Crippen molar-refractivity contribution in [3.05, 3.63) is 0 Å². The van der Waals surface area contributed by atoms with Crippen molar-refractivity contribution < 1.29 is 9.53 Å². The minimum atomic E-state index is 0.0995. The van der Waals surface area contributed by atoms with Crippen molar-refractivity contribution in [1.82, 2.24) is 0 Å². The molecule has 0 aliphatic heterocycles. The number of ether oxygens (including phenoxy) is 1. The summed E-state index contributed by atoms with van der Waals surface area (Å²) in [7, 11) is 0. The molecule has 0 unspecified atom stereocenters. The largest absolute Gasteiger partial charge is 0.464 e. The molecule has 0 aromatic carbocycles. The SMILES string of the molecule is CC[C@@H](OC=O)C(C)C. The maximum Gasteiger partial charge on any atom is 0.293 e. The molecule has 0 N–H and O–H groups in total. The Morgan fingerprint density at radius 3 is 2.22 bits per heavy atom. The highest BCUT2D eigenvalue weighted by Gasteiger charge is 2.09. The van der Waals surface area contributed by atoms with Crippen LogP contribution in [0.2, 0.25) is 0 Å². The first-order valence-electron chi connectivity index (χ1n) is 3.31. The van der Waals surface area contributed by atoms with E-state index < -0.39 is 0 Å². The van der Waals surface area contributed by atoms with Crippen molar-refractivity contribution in [2.24, 2.45) is 5.92 Å². The number of carbonyl (C=O) groups excluding carboxylic acids is 1. The summed E-state index contributed by atoms with van der Waals surface area (Å²) in [6, 6.07) is 0. The van der Waals surface area contributed by atoms with E-state index in [1.165, 1.54) is 0 Å². The van der Waals surface area contributed by atoms with Gasteiger partial charge in [-0.25, -0.2) is 0 Å². The second-order valence-electron chi connectivity index (χ2n) is 2.42. The normalized spacial score (nSPS) is 13.3. The van der Waals surface area contributed by atoms with E-state index in [0.29, 0.717) is 12.4 Å². The van der Waals surface area contributed by atoms with Gasteiger partial charge in [0.05, 0.1) is 0 Å². The van der Waals surface area contributed by atoms with Gasteiger partial charge in [0.1, 0.15) is 6.10 Å². The van der Waals surface area contributed by atoms with Gasteiger partial charge in [0.25, 0.3) is 6.47 Å². The summed E-state index contributed by atoms with van der Waals surface area (Å²) in [5.41, 5.74) is 0. The van der Waals surface area contributed by atoms with Gasteiger partial charge in [-0.15, -0.1) is 0 Å². The Morgan fingerprint density at radius 2 is 2.11 bits per heavy atom. The maximum absolute atomic E-state index is 9.86. The van der Waals surface area contributed by atoms with Gasteiger partial charge in [0, 0.05) is 0 Å². The van der Waals surface area contributed by atoms with Crippen LogP contribution in [0, 0.1) is 5.92 Å². The van der Waals surface area contributed by atoms with E-state index in [0.717, 1.165) is 6.42 Å². The molecule has 0 amide bonds. The second kappa shape index (κ2) is 4.36. The Bertz CT molecular complexity index is 79.0. The summed E-state index contributed by atoms with van der Waals surface area (Å²) in [6.07, 6.45) is 0.999. The monoisotopic (exact) mass is 130 g/mol. The van der Waals surface area contributed by atoms with Gasteiger partial charge < -0.3 is 4.74 Å². The summed E-state index contributed by atoms with van der Waals surface area (Å²) in [5, 5.41) is 0. The van der Waals surface area contributed by atoms with Crippen molar-refractivity contribution in [1.29, 1.82) is 0 Å². The lowest BCUT2D eigenvalue weighted by Crippen LogP contribution is -2.17. The molecule has 0 aromatic heterocycles. The number of hydrogen-bond acceptors (Lipinski definition) is 2. The summed E-state index contributed by atoms with van der Waals surface area (Å²) >= 11 is 0. The molecular weight excluding hydrogens is 116 g/mol. The minimum absolute atomic E-state index is 0.0995. The quantitative estimate of drug-likeness (QED) is 0.540. The lowest BCUT2D eigenvalue weighted by atomic mass is 10.1. The lowest BCUT2D eigenvalue weighted by molar-refractivity contribution is -0.135. The lowest BCUT2D eigenvalue weighted by Gasteiger charge is -2.15. The predicted molar refractivity (Wildman–Crippen MR) is 36.1 cm³/mol. The molecule has 0 heterocycles. The highest BCUT2D eigenvalue weighted by molar-refractivity contribution is 5.37. The van der Waals surface area contributed by atoms with E-state index in [1.54, 1.807) is 0 Å². The molecule has 0 aromatic rings. The highest BCUT2D eigenvalue weighted by Crippen LogP contribution is 2.08. The first-order chi connectivity index (χ1) is 4.22. The standard InChI is InChI=1S/C7H14O2/c1-4-7(6(2)3)9-5-8/h5-7H,4H2,1-3H3/t7-/m1/s1. The van der Waals surface area contributed by atoms with Crippen LogP contribution in [-0.4, -0.2) is 12.6 Å². The molecule has 0 rings (SSSR count). The first-order valence-corrected chi connectivity index (χ1v) is 3.31. The molecule has 0 saturated heterocycles. The van der Waals surface area contributed by atoms with Gasteiger partial charge in [-0.05, 0) is 12.3 Å². The van der Waals surface area contributed by atoms with Crippen molar-refractivity contribution in [3.63, 3.8) is 0 Å². The van der Waals surface area contributed by atoms with E-state index in [-0.39, 0.29) is 6.10 Å². The molecule has 0 radical (unpaired) electrons. The maximum atomic E-state index is 9.86. The van der Waals surface area contributed by atoms with E-state index >= 15 is 0 Å². The average Bonchev–Trinajstić information content (AvgIpc) is 1.82. The summed E-state index contributed by atoms with van der Waals surface area (Å²) < 4.78 is 4.77. The van der Waals surface area contributed by atoms with Crippen LogP contribution in [0.4, 0.5) is 0 Å². The van der Waals surface area contributed by atoms with Crippen LogP contribution in [0.25, 0.3) is 0 Å². The van der Waals surface area contributed by atoms with Gasteiger partial charge >= 0.3 is 0 Å².